The Bertz CT molecular complexity index is 972. The third-order valence-electron chi connectivity index (χ3n) is 3.04. The quantitative estimate of drug-likeness (QED) is 0.752. The molecule has 2 aromatic heterocycles. The van der Waals surface area contributed by atoms with Crippen molar-refractivity contribution < 1.29 is 21.6 Å². The molecule has 0 bridgehead atoms. The molecule has 0 amide bonds. The highest BCUT2D eigenvalue weighted by atomic mass is 32.2. The van der Waals surface area contributed by atoms with Crippen LogP contribution in [0.25, 0.3) is 5.82 Å². The molecule has 130 valence electrons. The van der Waals surface area contributed by atoms with Gasteiger partial charge in [-0.05, 0) is 24.3 Å². The van der Waals surface area contributed by atoms with E-state index in [0.29, 0.717) is 12.1 Å². The predicted octanol–water partition coefficient (Wildman–Crippen LogP) is 1.88. The molecule has 0 fully saturated rings. The molecule has 0 aliphatic carbocycles. The number of anilines is 1. The number of nitrogens with one attached hydrogen (secondary N) is 1. The van der Waals surface area contributed by atoms with Crippen LogP contribution in [0.2, 0.25) is 0 Å². The number of alkyl halides is 3. The van der Waals surface area contributed by atoms with E-state index in [2.05, 4.69) is 24.8 Å². The number of sulfonamides is 1. The summed E-state index contributed by atoms with van der Waals surface area (Å²) in [7, 11) is -4.11. The Balaban J connectivity index is 1.86. The van der Waals surface area contributed by atoms with Crippen molar-refractivity contribution in [3.63, 3.8) is 0 Å². The van der Waals surface area contributed by atoms with Gasteiger partial charge in [-0.15, -0.1) is 0 Å². The zero-order chi connectivity index (χ0) is 18.1. The Morgan fingerprint density at radius 1 is 1.04 bits per heavy atom. The molecule has 0 aliphatic heterocycles. The van der Waals surface area contributed by atoms with Gasteiger partial charge in [-0.25, -0.2) is 28.1 Å². The molecule has 0 saturated carbocycles. The second-order valence-electron chi connectivity index (χ2n) is 4.73. The van der Waals surface area contributed by atoms with E-state index < -0.39 is 21.8 Å². The highest BCUT2D eigenvalue weighted by Gasteiger charge is 2.30. The molecule has 8 nitrogen and oxygen atoms in total. The topological polar surface area (TPSA) is 103 Å². The first-order valence-electron chi connectivity index (χ1n) is 6.63. The summed E-state index contributed by atoms with van der Waals surface area (Å²) in [5.41, 5.74) is -0.943. The van der Waals surface area contributed by atoms with Gasteiger partial charge in [0.05, 0.1) is 10.5 Å². The number of aromatic nitrogens is 5. The third kappa shape index (κ3) is 3.74. The lowest BCUT2D eigenvalue weighted by molar-refractivity contribution is -0.137. The molecule has 1 N–H and O–H groups in total. The Labute approximate surface area is 139 Å². The second kappa shape index (κ2) is 6.12. The number of nitrogens with zero attached hydrogens (tertiary/aromatic N) is 5. The van der Waals surface area contributed by atoms with Gasteiger partial charge in [0.1, 0.15) is 24.8 Å². The third-order valence-corrected chi connectivity index (χ3v) is 4.41. The van der Waals surface area contributed by atoms with Crippen molar-refractivity contribution in [1.82, 2.24) is 24.7 Å². The smallest absolute Gasteiger partial charge is 0.263 e. The minimum Gasteiger partial charge on any atom is -0.263 e. The average molecular weight is 370 g/mol. The summed E-state index contributed by atoms with van der Waals surface area (Å²) in [5.74, 6) is 0.193. The highest BCUT2D eigenvalue weighted by molar-refractivity contribution is 7.92. The van der Waals surface area contributed by atoms with E-state index in [0.717, 1.165) is 18.5 Å². The molecule has 0 aliphatic rings. The van der Waals surface area contributed by atoms with E-state index in [9.17, 15) is 21.6 Å². The van der Waals surface area contributed by atoms with Crippen LogP contribution in [0.1, 0.15) is 5.56 Å². The molecular formula is C13H9F3N6O2S. The first-order chi connectivity index (χ1) is 11.8. The van der Waals surface area contributed by atoms with Crippen LogP contribution in [0.3, 0.4) is 0 Å². The van der Waals surface area contributed by atoms with E-state index >= 15 is 0 Å². The van der Waals surface area contributed by atoms with Crippen LogP contribution in [0.5, 0.6) is 0 Å². The van der Waals surface area contributed by atoms with Crippen molar-refractivity contribution in [2.75, 3.05) is 4.72 Å². The maximum atomic E-state index is 12.5. The fourth-order valence-electron chi connectivity index (χ4n) is 1.87. The molecule has 3 rings (SSSR count). The van der Waals surface area contributed by atoms with Gasteiger partial charge in [0, 0.05) is 6.07 Å². The summed E-state index contributed by atoms with van der Waals surface area (Å²) in [6.07, 6.45) is -0.804. The summed E-state index contributed by atoms with van der Waals surface area (Å²) >= 11 is 0. The Hall–Kier alpha value is -3.02. The van der Waals surface area contributed by atoms with E-state index in [1.54, 1.807) is 0 Å². The van der Waals surface area contributed by atoms with E-state index in [1.807, 2.05) is 0 Å². The number of rotatable bonds is 4. The lowest BCUT2D eigenvalue weighted by Crippen LogP contribution is -2.15. The molecule has 3 aromatic rings. The Morgan fingerprint density at radius 2 is 1.76 bits per heavy atom. The van der Waals surface area contributed by atoms with Crippen LogP contribution < -0.4 is 4.72 Å². The average Bonchev–Trinajstić information content (AvgIpc) is 3.08. The van der Waals surface area contributed by atoms with Crippen molar-refractivity contribution >= 4 is 15.8 Å². The normalized spacial score (nSPS) is 12.1. The number of halogens is 3. The summed E-state index contributed by atoms with van der Waals surface area (Å²) in [6, 6.07) is 4.41. The van der Waals surface area contributed by atoms with Crippen molar-refractivity contribution in [3.05, 3.63) is 54.9 Å². The molecule has 0 saturated heterocycles. The summed E-state index contributed by atoms with van der Waals surface area (Å²) < 4.78 is 65.6. The largest absolute Gasteiger partial charge is 0.416 e. The predicted molar refractivity (Wildman–Crippen MR) is 79.2 cm³/mol. The number of benzene rings is 1. The molecule has 0 atom stereocenters. The fourth-order valence-corrected chi connectivity index (χ4v) is 2.87. The standard InChI is InChI=1S/C13H9F3N6O2S/c14-13(15,16)9-1-3-10(4-2-9)25(23,24)21-11-5-12(19-7-18-11)22-8-17-6-20-22/h1-8H,(H,18,19,21). The second-order valence-corrected chi connectivity index (χ2v) is 6.41. The Kier molecular flexibility index (Phi) is 4.12. The molecule has 0 unspecified atom stereocenters. The molecule has 12 heteroatoms. The summed E-state index contributed by atoms with van der Waals surface area (Å²) in [4.78, 5) is 11.1. The fraction of sp³-hybridized carbons (Fsp3) is 0.0769. The molecule has 1 aromatic carbocycles. The number of hydrogen-bond donors (Lipinski definition) is 1. The van der Waals surface area contributed by atoms with Crippen molar-refractivity contribution in [2.45, 2.75) is 11.1 Å². The molecule has 2 heterocycles. The SMILES string of the molecule is O=S(=O)(Nc1cc(-n2cncn2)ncn1)c1ccc(C(F)(F)F)cc1. The lowest BCUT2D eigenvalue weighted by Gasteiger charge is -2.10. The van der Waals surface area contributed by atoms with Gasteiger partial charge < -0.3 is 0 Å². The summed E-state index contributed by atoms with van der Waals surface area (Å²) in [5, 5.41) is 3.85. The van der Waals surface area contributed by atoms with Gasteiger partial charge in [-0.1, -0.05) is 0 Å². The van der Waals surface area contributed by atoms with Crippen LogP contribution in [-0.4, -0.2) is 33.2 Å². The van der Waals surface area contributed by atoms with Crippen LogP contribution >= 0.6 is 0 Å². The molecular weight excluding hydrogens is 361 g/mol. The van der Waals surface area contributed by atoms with Gasteiger partial charge in [-0.2, -0.15) is 18.3 Å². The Morgan fingerprint density at radius 3 is 2.36 bits per heavy atom. The molecule has 25 heavy (non-hydrogen) atoms. The van der Waals surface area contributed by atoms with Gasteiger partial charge in [0.2, 0.25) is 0 Å². The first-order valence-corrected chi connectivity index (χ1v) is 8.11. The minimum atomic E-state index is -4.55. The number of hydrogen-bond acceptors (Lipinski definition) is 6. The maximum Gasteiger partial charge on any atom is 0.416 e. The van der Waals surface area contributed by atoms with Crippen LogP contribution in [-0.2, 0) is 16.2 Å². The zero-order valence-electron chi connectivity index (χ0n) is 12.2. The van der Waals surface area contributed by atoms with E-state index in [-0.39, 0.29) is 16.5 Å². The monoisotopic (exact) mass is 370 g/mol. The van der Waals surface area contributed by atoms with Crippen LogP contribution in [0.15, 0.2) is 54.2 Å². The highest BCUT2D eigenvalue weighted by Crippen LogP contribution is 2.29. The first kappa shape index (κ1) is 16.8. The maximum absolute atomic E-state index is 12.5. The zero-order valence-corrected chi connectivity index (χ0v) is 13.0. The minimum absolute atomic E-state index is 0.0691. The molecule has 0 spiro atoms. The van der Waals surface area contributed by atoms with Crippen molar-refractivity contribution in [2.24, 2.45) is 0 Å². The van der Waals surface area contributed by atoms with Gasteiger partial charge >= 0.3 is 6.18 Å². The van der Waals surface area contributed by atoms with Gasteiger partial charge in [0.25, 0.3) is 10.0 Å². The van der Waals surface area contributed by atoms with Crippen LogP contribution in [0.4, 0.5) is 19.0 Å². The summed E-state index contributed by atoms with van der Waals surface area (Å²) in [6.45, 7) is 0. The lowest BCUT2D eigenvalue weighted by atomic mass is 10.2. The van der Waals surface area contributed by atoms with Gasteiger partial charge in [0.15, 0.2) is 5.82 Å². The van der Waals surface area contributed by atoms with Gasteiger partial charge in [-0.3, -0.25) is 4.72 Å². The van der Waals surface area contributed by atoms with Crippen molar-refractivity contribution in [1.29, 1.82) is 0 Å². The van der Waals surface area contributed by atoms with Crippen molar-refractivity contribution in [3.8, 4) is 5.82 Å². The van der Waals surface area contributed by atoms with E-state index in [4.69, 9.17) is 0 Å². The van der Waals surface area contributed by atoms with Crippen LogP contribution in [0, 0.1) is 0 Å². The molecule has 0 radical (unpaired) electrons. The van der Waals surface area contributed by atoms with E-state index in [1.165, 1.54) is 23.4 Å².